The van der Waals surface area contributed by atoms with E-state index in [9.17, 15) is 4.79 Å². The number of nitrogens with two attached hydrogens (primary N) is 1. The minimum Gasteiger partial charge on any atom is -0.460 e. The Hall–Kier alpha value is -2.28. The maximum Gasteiger partial charge on any atom is 0.337 e. The molecule has 2 aromatic heterocycles. The number of hydrazone groups is 1. The Kier molecular flexibility index (Phi) is 5.36. The van der Waals surface area contributed by atoms with Gasteiger partial charge in [-0.1, -0.05) is 48.3 Å². The van der Waals surface area contributed by atoms with E-state index >= 15 is 0 Å². The lowest BCUT2D eigenvalue weighted by atomic mass is 10.1. The first-order valence-corrected chi connectivity index (χ1v) is 8.76. The lowest BCUT2D eigenvalue weighted by Gasteiger charge is -2.02. The number of para-hydroxylation sites is 1. The van der Waals surface area contributed by atoms with Crippen molar-refractivity contribution in [2.45, 2.75) is 13.3 Å². The standard InChI is InChI=1S/C17H13Cl3N4O2/c1-2-10-9(8-5-3-4-6-11(8)26-10)7-22-24-17(25)15-12(18)14(21)13(19)16(20)23-15/h3-7H,2H2,1H3,(H2,21,23)(H,24,25)/p+1/b22-7-. The van der Waals surface area contributed by atoms with E-state index in [0.29, 0.717) is 6.42 Å². The molecule has 4 N–H and O–H groups in total. The van der Waals surface area contributed by atoms with Crippen LogP contribution in [0.2, 0.25) is 15.2 Å². The van der Waals surface area contributed by atoms with Gasteiger partial charge in [0.1, 0.15) is 21.4 Å². The van der Waals surface area contributed by atoms with Crippen LogP contribution in [0.1, 0.15) is 28.7 Å². The molecule has 0 aliphatic heterocycles. The number of nitrogen functional groups attached to an aromatic ring is 1. The van der Waals surface area contributed by atoms with Crippen LogP contribution in [-0.4, -0.2) is 12.1 Å². The Morgan fingerprint density at radius 3 is 2.77 bits per heavy atom. The molecule has 134 valence electrons. The number of amides is 1. The van der Waals surface area contributed by atoms with Crippen LogP contribution in [-0.2, 0) is 6.42 Å². The zero-order chi connectivity index (χ0) is 18.8. The highest BCUT2D eigenvalue weighted by atomic mass is 35.5. The molecule has 0 aliphatic carbocycles. The van der Waals surface area contributed by atoms with E-state index in [1.807, 2.05) is 31.2 Å². The van der Waals surface area contributed by atoms with Crippen LogP contribution < -0.4 is 16.1 Å². The number of halogens is 3. The largest absolute Gasteiger partial charge is 0.460 e. The first-order chi connectivity index (χ1) is 12.4. The molecule has 26 heavy (non-hydrogen) atoms. The highest BCUT2D eigenvalue weighted by molar-refractivity contribution is 6.45. The summed E-state index contributed by atoms with van der Waals surface area (Å²) in [6, 6.07) is 7.59. The maximum absolute atomic E-state index is 12.3. The minimum absolute atomic E-state index is 0.0109. The lowest BCUT2D eigenvalue weighted by molar-refractivity contribution is -0.379. The molecule has 0 atom stereocenters. The molecule has 9 heteroatoms. The number of furan rings is 1. The maximum atomic E-state index is 12.3. The third-order valence-electron chi connectivity index (χ3n) is 3.74. The number of aryl methyl sites for hydroxylation is 1. The molecule has 0 aliphatic rings. The quantitative estimate of drug-likeness (QED) is 0.383. The third-order valence-corrected chi connectivity index (χ3v) is 4.90. The topological polar surface area (TPSA) is 94.8 Å². The predicted molar refractivity (Wildman–Crippen MR) is 103 cm³/mol. The molecule has 3 aromatic rings. The number of hydrogen-bond acceptors (Lipinski definition) is 4. The van der Waals surface area contributed by atoms with E-state index in [0.717, 1.165) is 22.3 Å². The summed E-state index contributed by atoms with van der Waals surface area (Å²) in [6.07, 6.45) is 2.21. The Morgan fingerprint density at radius 2 is 2.04 bits per heavy atom. The van der Waals surface area contributed by atoms with Gasteiger partial charge in [0.15, 0.2) is 0 Å². The summed E-state index contributed by atoms with van der Waals surface area (Å²) < 4.78 is 5.77. The van der Waals surface area contributed by atoms with E-state index in [1.54, 1.807) is 0 Å². The summed E-state index contributed by atoms with van der Waals surface area (Å²) in [4.78, 5) is 14.9. The highest BCUT2D eigenvalue weighted by Crippen LogP contribution is 2.32. The number of fused-ring (bicyclic) bond motifs is 1. The van der Waals surface area contributed by atoms with Crippen LogP contribution >= 0.6 is 34.8 Å². The van der Waals surface area contributed by atoms with Gasteiger partial charge in [0.2, 0.25) is 0 Å². The first-order valence-electron chi connectivity index (χ1n) is 7.63. The van der Waals surface area contributed by atoms with Gasteiger partial charge >= 0.3 is 5.91 Å². The Balaban J connectivity index is 1.87. The normalized spacial score (nSPS) is 11.4. The molecule has 0 saturated heterocycles. The zero-order valence-electron chi connectivity index (χ0n) is 13.6. The molecule has 1 amide bonds. The molecule has 2 heterocycles. The van der Waals surface area contributed by atoms with Crippen molar-refractivity contribution in [3.05, 3.63) is 56.5 Å². The number of carbonyl (C=O) groups excluding carboxylic acids is 1. The number of carbonyl (C=O) groups is 1. The number of pyridine rings is 1. The smallest absolute Gasteiger partial charge is 0.337 e. The van der Waals surface area contributed by atoms with Crippen molar-refractivity contribution in [1.82, 2.24) is 5.43 Å². The fourth-order valence-corrected chi connectivity index (χ4v) is 3.07. The molecule has 3 rings (SSSR count). The summed E-state index contributed by atoms with van der Waals surface area (Å²) in [5.74, 6) is 0.162. The van der Waals surface area contributed by atoms with Crippen molar-refractivity contribution in [1.29, 1.82) is 0 Å². The van der Waals surface area contributed by atoms with Crippen molar-refractivity contribution in [2.24, 2.45) is 5.10 Å². The van der Waals surface area contributed by atoms with Crippen LogP contribution in [0.3, 0.4) is 0 Å². The molecular weight excluding hydrogens is 399 g/mol. The lowest BCUT2D eigenvalue weighted by Crippen LogP contribution is -2.28. The highest BCUT2D eigenvalue weighted by Gasteiger charge is 2.25. The van der Waals surface area contributed by atoms with Crippen molar-refractivity contribution in [2.75, 3.05) is 5.73 Å². The van der Waals surface area contributed by atoms with Gasteiger partial charge < -0.3 is 10.2 Å². The number of aromatic amines is 1. The first kappa shape index (κ1) is 18.5. The van der Waals surface area contributed by atoms with Crippen LogP contribution in [0.5, 0.6) is 0 Å². The summed E-state index contributed by atoms with van der Waals surface area (Å²) in [5, 5.41) is 4.93. The fourth-order valence-electron chi connectivity index (χ4n) is 2.46. The van der Waals surface area contributed by atoms with Gasteiger partial charge in [-0.2, -0.15) is 10.1 Å². The van der Waals surface area contributed by atoms with Gasteiger partial charge in [0.25, 0.3) is 10.8 Å². The molecule has 0 fully saturated rings. The van der Waals surface area contributed by atoms with E-state index in [4.69, 9.17) is 45.0 Å². The number of H-pyrrole nitrogens is 1. The summed E-state index contributed by atoms with van der Waals surface area (Å²) in [5.41, 5.74) is 9.64. The van der Waals surface area contributed by atoms with Gasteiger partial charge in [-0.05, 0) is 17.7 Å². The van der Waals surface area contributed by atoms with Crippen LogP contribution in [0, 0.1) is 0 Å². The van der Waals surface area contributed by atoms with E-state index < -0.39 is 5.91 Å². The molecule has 6 nitrogen and oxygen atoms in total. The molecule has 0 bridgehead atoms. The number of anilines is 1. The number of nitrogens with zero attached hydrogens (tertiary/aromatic N) is 1. The molecule has 0 unspecified atom stereocenters. The number of aromatic nitrogens is 1. The average Bonchev–Trinajstić information content (AvgIpc) is 3.00. The second-order valence-corrected chi connectivity index (χ2v) is 6.48. The van der Waals surface area contributed by atoms with Gasteiger partial charge in [0.05, 0.1) is 11.9 Å². The molecule has 0 spiro atoms. The van der Waals surface area contributed by atoms with E-state index in [1.165, 1.54) is 6.21 Å². The van der Waals surface area contributed by atoms with Crippen molar-refractivity contribution in [3.8, 4) is 0 Å². The summed E-state index contributed by atoms with van der Waals surface area (Å²) in [6.45, 7) is 1.97. The zero-order valence-corrected chi connectivity index (χ0v) is 15.8. The third kappa shape index (κ3) is 3.35. The van der Waals surface area contributed by atoms with E-state index in [-0.39, 0.29) is 26.6 Å². The van der Waals surface area contributed by atoms with Crippen LogP contribution in [0.15, 0.2) is 33.8 Å². The summed E-state index contributed by atoms with van der Waals surface area (Å²) in [7, 11) is 0. The molecule has 0 saturated carbocycles. The Labute approximate surface area is 163 Å². The summed E-state index contributed by atoms with van der Waals surface area (Å²) >= 11 is 17.8. The Morgan fingerprint density at radius 1 is 1.31 bits per heavy atom. The minimum atomic E-state index is -0.609. The van der Waals surface area contributed by atoms with Gasteiger partial charge in [-0.25, -0.2) is 5.43 Å². The monoisotopic (exact) mass is 411 g/mol. The fraction of sp³-hybridized carbons (Fsp3) is 0.118. The molecule has 0 radical (unpaired) electrons. The van der Waals surface area contributed by atoms with Crippen LogP contribution in [0.4, 0.5) is 5.69 Å². The van der Waals surface area contributed by atoms with Crippen molar-refractivity contribution < 1.29 is 14.2 Å². The Bertz CT molecular complexity index is 1030. The number of benzene rings is 1. The predicted octanol–water partition coefficient (Wildman–Crippen LogP) is 4.12. The van der Waals surface area contributed by atoms with E-state index in [2.05, 4.69) is 15.5 Å². The second-order valence-electron chi connectivity index (χ2n) is 5.34. The van der Waals surface area contributed by atoms with Crippen LogP contribution in [0.25, 0.3) is 11.0 Å². The van der Waals surface area contributed by atoms with Gasteiger partial charge in [-0.15, -0.1) is 0 Å². The van der Waals surface area contributed by atoms with Gasteiger partial charge in [0, 0.05) is 17.4 Å². The second kappa shape index (κ2) is 7.53. The number of hydrogen-bond donors (Lipinski definition) is 2. The average molecular weight is 413 g/mol. The molecular formula is C17H14Cl3N4O2+. The molecule has 1 aromatic carbocycles. The van der Waals surface area contributed by atoms with Crippen molar-refractivity contribution >= 4 is 63.6 Å². The number of nitrogens with one attached hydrogen (secondary N) is 2. The number of rotatable bonds is 4. The van der Waals surface area contributed by atoms with Gasteiger partial charge in [-0.3, -0.25) is 4.79 Å². The van der Waals surface area contributed by atoms with Crippen molar-refractivity contribution in [3.63, 3.8) is 0 Å². The SMILES string of the molecule is CCc1oc2ccccc2c1/C=N\NC(=O)c1[nH+]c(Cl)c(Cl)c(N)c1Cl.